The largest absolute Gasteiger partial charge is 0.393 e. The third-order valence-corrected chi connectivity index (χ3v) is 10.6. The van der Waals surface area contributed by atoms with Gasteiger partial charge in [-0.1, -0.05) is 40.5 Å². The maximum atomic E-state index is 13.3. The van der Waals surface area contributed by atoms with Crippen LogP contribution in [-0.4, -0.2) is 27.7 Å². The van der Waals surface area contributed by atoms with Gasteiger partial charge in [0.05, 0.1) is 11.7 Å². The van der Waals surface area contributed by atoms with E-state index in [1.54, 1.807) is 0 Å². The zero-order chi connectivity index (χ0) is 21.9. The van der Waals surface area contributed by atoms with Crippen molar-refractivity contribution in [2.75, 3.05) is 0 Å². The van der Waals surface area contributed by atoms with E-state index in [-0.39, 0.29) is 22.9 Å². The number of carbonyl (C=O) groups excluding carboxylic acids is 1. The number of aliphatic hydroxyl groups excluding tert-OH is 1. The lowest BCUT2D eigenvalue weighted by molar-refractivity contribution is -0.164. The number of hydrogen-bond donors (Lipinski definition) is 2. The molecule has 0 amide bonds. The molecule has 3 heteroatoms. The van der Waals surface area contributed by atoms with Gasteiger partial charge >= 0.3 is 0 Å². The Kier molecular flexibility index (Phi) is 5.97. The number of fused-ring (bicyclic) bond motifs is 5. The lowest BCUT2D eigenvalue weighted by atomic mass is 9.44. The van der Waals surface area contributed by atoms with Crippen LogP contribution in [0.1, 0.15) is 105 Å². The van der Waals surface area contributed by atoms with Crippen LogP contribution >= 0.6 is 0 Å². The quantitative estimate of drug-likeness (QED) is 0.596. The third kappa shape index (κ3) is 3.60. The summed E-state index contributed by atoms with van der Waals surface area (Å²) in [6.07, 6.45) is 10.9. The first-order chi connectivity index (χ1) is 14.0. The van der Waals surface area contributed by atoms with E-state index in [4.69, 9.17) is 0 Å². The van der Waals surface area contributed by atoms with E-state index in [2.05, 4.69) is 34.6 Å². The van der Waals surface area contributed by atoms with Crippen molar-refractivity contribution in [1.29, 1.82) is 0 Å². The van der Waals surface area contributed by atoms with Crippen LogP contribution in [0.5, 0.6) is 0 Å². The first-order valence-corrected chi connectivity index (χ1v) is 12.9. The van der Waals surface area contributed by atoms with E-state index in [0.29, 0.717) is 41.8 Å². The standard InChI is InChI=1S/C27H46O3/c1-17(2)7-6-12-27(5,30)24-9-8-20-19-16-23(29)22-15-18(28)10-13-25(22,3)21(19)11-14-26(20,24)4/h17-22,24,28,30H,6-16H2,1-5H3/t18-,19?,20?,21?,22+,24?,25+,26-,27-/m0/s1. The van der Waals surface area contributed by atoms with Crippen LogP contribution in [0.25, 0.3) is 0 Å². The monoisotopic (exact) mass is 418 g/mol. The summed E-state index contributed by atoms with van der Waals surface area (Å²) in [6, 6.07) is 0. The molecule has 30 heavy (non-hydrogen) atoms. The lowest BCUT2D eigenvalue weighted by Gasteiger charge is -2.60. The molecule has 4 rings (SSSR count). The molecule has 3 nitrogen and oxygen atoms in total. The molecule has 0 aromatic rings. The number of carbonyl (C=O) groups is 1. The highest BCUT2D eigenvalue weighted by Crippen LogP contribution is 2.68. The molecule has 4 unspecified atom stereocenters. The number of rotatable bonds is 5. The van der Waals surface area contributed by atoms with E-state index < -0.39 is 5.60 Å². The van der Waals surface area contributed by atoms with Gasteiger partial charge in [-0.3, -0.25) is 4.79 Å². The predicted octanol–water partition coefficient (Wildman–Crippen LogP) is 5.76. The molecule has 0 radical (unpaired) electrons. The van der Waals surface area contributed by atoms with Gasteiger partial charge in [0.25, 0.3) is 0 Å². The van der Waals surface area contributed by atoms with E-state index >= 15 is 0 Å². The van der Waals surface area contributed by atoms with Crippen molar-refractivity contribution in [2.24, 2.45) is 46.3 Å². The van der Waals surface area contributed by atoms with Gasteiger partial charge in [0.15, 0.2) is 0 Å². The molecular weight excluding hydrogens is 372 g/mol. The molecule has 0 heterocycles. The zero-order valence-corrected chi connectivity index (χ0v) is 20.1. The van der Waals surface area contributed by atoms with Gasteiger partial charge in [0.1, 0.15) is 5.78 Å². The minimum absolute atomic E-state index is 0.0724. The summed E-state index contributed by atoms with van der Waals surface area (Å²) >= 11 is 0. The highest BCUT2D eigenvalue weighted by atomic mass is 16.3. The fourth-order valence-corrected chi connectivity index (χ4v) is 9.08. The van der Waals surface area contributed by atoms with Crippen LogP contribution < -0.4 is 0 Å². The van der Waals surface area contributed by atoms with Crippen LogP contribution in [-0.2, 0) is 4.79 Å². The fourth-order valence-electron chi connectivity index (χ4n) is 9.08. The second-order valence-corrected chi connectivity index (χ2v) is 12.9. The fraction of sp³-hybridized carbons (Fsp3) is 0.963. The summed E-state index contributed by atoms with van der Waals surface area (Å²) in [5.74, 6) is 3.24. The molecule has 0 saturated heterocycles. The van der Waals surface area contributed by atoms with E-state index in [1.165, 1.54) is 25.7 Å². The average molecular weight is 419 g/mol. The second-order valence-electron chi connectivity index (χ2n) is 12.9. The lowest BCUT2D eigenvalue weighted by Crippen LogP contribution is -2.58. The van der Waals surface area contributed by atoms with Crippen LogP contribution in [0.2, 0.25) is 0 Å². The van der Waals surface area contributed by atoms with Gasteiger partial charge in [-0.25, -0.2) is 0 Å². The van der Waals surface area contributed by atoms with Crippen LogP contribution in [0.3, 0.4) is 0 Å². The van der Waals surface area contributed by atoms with Crippen molar-refractivity contribution in [3.8, 4) is 0 Å². The van der Waals surface area contributed by atoms with Crippen LogP contribution in [0.15, 0.2) is 0 Å². The van der Waals surface area contributed by atoms with Crippen molar-refractivity contribution in [3.63, 3.8) is 0 Å². The van der Waals surface area contributed by atoms with Gasteiger partial charge in [0, 0.05) is 12.3 Å². The molecule has 4 fully saturated rings. The Balaban J connectivity index is 1.54. The van der Waals surface area contributed by atoms with Gasteiger partial charge in [-0.15, -0.1) is 0 Å². The first-order valence-electron chi connectivity index (χ1n) is 12.9. The van der Waals surface area contributed by atoms with Gasteiger partial charge in [0.2, 0.25) is 0 Å². The normalized spacial score (nSPS) is 48.1. The Morgan fingerprint density at radius 1 is 1.07 bits per heavy atom. The molecule has 0 aromatic carbocycles. The first kappa shape index (κ1) is 22.8. The number of hydrogen-bond acceptors (Lipinski definition) is 3. The van der Waals surface area contributed by atoms with Crippen molar-refractivity contribution >= 4 is 5.78 Å². The SMILES string of the molecule is CC(C)CCC[C@](C)(O)C1CCC2C3CC(=O)[C@H]4C[C@@H](O)CC[C@]4(C)C3CC[C@@]21C. The smallest absolute Gasteiger partial charge is 0.136 e. The molecule has 4 saturated carbocycles. The maximum absolute atomic E-state index is 13.3. The van der Waals surface area contributed by atoms with Gasteiger partial charge < -0.3 is 10.2 Å². The van der Waals surface area contributed by atoms with Crippen molar-refractivity contribution in [1.82, 2.24) is 0 Å². The second kappa shape index (κ2) is 7.87. The average Bonchev–Trinajstić information content (AvgIpc) is 3.01. The Bertz CT molecular complexity index is 654. The predicted molar refractivity (Wildman–Crippen MR) is 121 cm³/mol. The highest BCUT2D eigenvalue weighted by Gasteiger charge is 2.63. The van der Waals surface area contributed by atoms with Crippen molar-refractivity contribution < 1.29 is 15.0 Å². The molecule has 4 aliphatic carbocycles. The Morgan fingerprint density at radius 3 is 2.43 bits per heavy atom. The minimum Gasteiger partial charge on any atom is -0.393 e. The van der Waals surface area contributed by atoms with Gasteiger partial charge in [-0.05, 0) is 98.7 Å². The Hall–Kier alpha value is -0.410. The topological polar surface area (TPSA) is 57.5 Å². The summed E-state index contributed by atoms with van der Waals surface area (Å²) in [5.41, 5.74) is -0.343. The van der Waals surface area contributed by atoms with Crippen LogP contribution in [0, 0.1) is 46.3 Å². The molecule has 9 atom stereocenters. The molecule has 0 bridgehead atoms. The van der Waals surface area contributed by atoms with E-state index in [0.717, 1.165) is 38.5 Å². The molecule has 0 spiro atoms. The third-order valence-electron chi connectivity index (χ3n) is 10.6. The minimum atomic E-state index is -0.592. The van der Waals surface area contributed by atoms with Crippen LogP contribution in [0.4, 0.5) is 0 Å². The number of Topliss-reactive ketones (excluding diaryl/α,β-unsaturated/α-hetero) is 1. The van der Waals surface area contributed by atoms with Crippen molar-refractivity contribution in [2.45, 2.75) is 117 Å². The summed E-state index contributed by atoms with van der Waals surface area (Å²) in [4.78, 5) is 13.3. The summed E-state index contributed by atoms with van der Waals surface area (Å²) in [6.45, 7) is 11.5. The van der Waals surface area contributed by atoms with Gasteiger partial charge in [-0.2, -0.15) is 0 Å². The number of aliphatic hydroxyl groups is 2. The molecule has 0 aliphatic heterocycles. The number of ketones is 1. The van der Waals surface area contributed by atoms with E-state index in [9.17, 15) is 15.0 Å². The zero-order valence-electron chi connectivity index (χ0n) is 20.1. The molecular formula is C27H46O3. The summed E-state index contributed by atoms with van der Waals surface area (Å²) in [5, 5.41) is 21.8. The molecule has 4 aliphatic rings. The Morgan fingerprint density at radius 2 is 1.73 bits per heavy atom. The maximum Gasteiger partial charge on any atom is 0.136 e. The molecule has 0 aromatic heterocycles. The Labute approximate surface area is 184 Å². The molecule has 172 valence electrons. The summed E-state index contributed by atoms with van der Waals surface area (Å²) in [7, 11) is 0. The highest BCUT2D eigenvalue weighted by molar-refractivity contribution is 5.83. The van der Waals surface area contributed by atoms with Crippen molar-refractivity contribution in [3.05, 3.63) is 0 Å². The summed E-state index contributed by atoms with van der Waals surface area (Å²) < 4.78 is 0. The molecule has 2 N–H and O–H groups in total. The van der Waals surface area contributed by atoms with E-state index in [1.807, 2.05) is 0 Å².